The molecule has 2 aromatic heterocycles. The third-order valence-corrected chi connectivity index (χ3v) is 8.58. The Bertz CT molecular complexity index is 2000. The van der Waals surface area contributed by atoms with Gasteiger partial charge in [-0.2, -0.15) is 13.2 Å². The van der Waals surface area contributed by atoms with Crippen LogP contribution in [0.1, 0.15) is 32.0 Å². The summed E-state index contributed by atoms with van der Waals surface area (Å²) in [6, 6.07) is 18.2. The monoisotopic (exact) mass is 744 g/mol. The zero-order valence-electron chi connectivity index (χ0n) is 28.0. The van der Waals surface area contributed by atoms with Crippen molar-refractivity contribution in [2.75, 3.05) is 44.7 Å². The van der Waals surface area contributed by atoms with E-state index in [0.717, 1.165) is 40.7 Å². The van der Waals surface area contributed by atoms with Crippen LogP contribution in [0.5, 0.6) is 17.5 Å². The van der Waals surface area contributed by atoms with E-state index in [4.69, 9.17) is 9.47 Å². The van der Waals surface area contributed by atoms with Gasteiger partial charge in [-0.3, -0.25) is 14.5 Å². The smallest absolute Gasteiger partial charge is 0.416 e. The predicted octanol–water partition coefficient (Wildman–Crippen LogP) is 7.08. The van der Waals surface area contributed by atoms with E-state index in [2.05, 4.69) is 14.9 Å². The fraction of sp³-hybridized carbons (Fsp3) is 0.278. The number of hydrogen-bond donors (Lipinski definition) is 0. The van der Waals surface area contributed by atoms with E-state index in [1.165, 1.54) is 24.3 Å². The topological polar surface area (TPSA) is 93.0 Å². The van der Waals surface area contributed by atoms with E-state index in [9.17, 15) is 31.5 Å². The number of aromatic nitrogens is 3. The molecule has 0 bridgehead atoms. The third-order valence-electron chi connectivity index (χ3n) is 8.58. The lowest BCUT2D eigenvalue weighted by Crippen LogP contribution is -2.48. The lowest BCUT2D eigenvalue weighted by Gasteiger charge is -2.34. The van der Waals surface area contributed by atoms with Crippen molar-refractivity contribution in [3.8, 4) is 17.5 Å². The molecule has 5 aromatic rings. The molecule has 1 aliphatic rings. The van der Waals surface area contributed by atoms with Crippen molar-refractivity contribution >= 4 is 40.8 Å². The number of anilines is 1. The molecular weight excluding hydrogens is 711 g/mol. The van der Waals surface area contributed by atoms with Gasteiger partial charge in [-0.25, -0.2) is 18.7 Å². The quantitative estimate of drug-likeness (QED) is 0.141. The number of alkyl halides is 5. The van der Waals surface area contributed by atoms with Crippen LogP contribution >= 0.6 is 12.4 Å². The highest BCUT2D eigenvalue weighted by Crippen LogP contribution is 2.30. The number of halogens is 6. The van der Waals surface area contributed by atoms with E-state index in [0.29, 0.717) is 55.6 Å². The lowest BCUT2D eigenvalue weighted by molar-refractivity contribution is -0.137. The van der Waals surface area contributed by atoms with Crippen molar-refractivity contribution in [3.05, 3.63) is 108 Å². The van der Waals surface area contributed by atoms with Gasteiger partial charge in [0.2, 0.25) is 0 Å². The van der Waals surface area contributed by atoms with E-state index >= 15 is 0 Å². The number of nitrogens with zero attached hydrogens (tertiary/aromatic N) is 6. The summed E-state index contributed by atoms with van der Waals surface area (Å²) in [4.78, 5) is 40.0. The molecular formula is C36H34ClF5N6O4. The second-order valence-corrected chi connectivity index (χ2v) is 12.0. The summed E-state index contributed by atoms with van der Waals surface area (Å²) in [5, 5.41) is 0.840. The van der Waals surface area contributed by atoms with Gasteiger partial charge in [-0.1, -0.05) is 12.1 Å². The maximum atomic E-state index is 13.6. The van der Waals surface area contributed by atoms with E-state index in [1.54, 1.807) is 35.9 Å². The summed E-state index contributed by atoms with van der Waals surface area (Å²) in [7, 11) is 3.26. The van der Waals surface area contributed by atoms with Gasteiger partial charge in [0.15, 0.2) is 0 Å². The Balaban J connectivity index is 0.00000523. The largest absolute Gasteiger partial charge is 0.488 e. The van der Waals surface area contributed by atoms with Crippen LogP contribution in [0.4, 0.5) is 27.6 Å². The van der Waals surface area contributed by atoms with Gasteiger partial charge in [-0.05, 0) is 60.2 Å². The number of rotatable bonds is 10. The third kappa shape index (κ3) is 8.77. The van der Waals surface area contributed by atoms with E-state index in [1.807, 2.05) is 29.2 Å². The lowest BCUT2D eigenvalue weighted by atomic mass is 10.1. The minimum atomic E-state index is -4.50. The molecule has 0 saturated carbocycles. The summed E-state index contributed by atoms with van der Waals surface area (Å²) in [6.45, 7) is 2.46. The van der Waals surface area contributed by atoms with Gasteiger partial charge >= 0.3 is 12.2 Å². The molecule has 3 aromatic carbocycles. The van der Waals surface area contributed by atoms with Crippen LogP contribution in [-0.4, -0.2) is 82.4 Å². The van der Waals surface area contributed by atoms with Gasteiger partial charge in [0.25, 0.3) is 18.2 Å². The van der Waals surface area contributed by atoms with Gasteiger partial charge < -0.3 is 23.8 Å². The summed E-state index contributed by atoms with van der Waals surface area (Å²) < 4.78 is 76.1. The Morgan fingerprint density at radius 2 is 1.52 bits per heavy atom. The van der Waals surface area contributed by atoms with Crippen LogP contribution in [0.25, 0.3) is 10.9 Å². The number of carbonyl (C=O) groups excluding carboxylic acids is 2. The second-order valence-electron chi connectivity index (χ2n) is 12.0. The molecule has 0 unspecified atom stereocenters. The van der Waals surface area contributed by atoms with Crippen molar-refractivity contribution in [1.29, 1.82) is 0 Å². The molecule has 10 nitrogen and oxygen atoms in total. The van der Waals surface area contributed by atoms with Crippen LogP contribution in [0, 0.1) is 0 Å². The maximum absolute atomic E-state index is 13.6. The van der Waals surface area contributed by atoms with Gasteiger partial charge in [0.05, 0.1) is 29.2 Å². The standard InChI is InChI=1S/C36H33F5N6O4.ClH/c1-44(33(48)24-5-8-26(9-6-24)36(39,40)41)27-19-42-35(43-20-27)51-29-12-7-25-17-31(45(2)30(25)18-29)34(49)47-15-13-46(14-16-47)21-23-3-10-28(11-4-23)50-22-32(37)38;/h3-12,17-20,32H,13-16,21-22H2,1-2H3;1H. The number of piperazine rings is 1. The van der Waals surface area contributed by atoms with Crippen molar-refractivity contribution in [2.45, 2.75) is 19.1 Å². The number of ether oxygens (including phenoxy) is 2. The highest BCUT2D eigenvalue weighted by atomic mass is 35.5. The average Bonchev–Trinajstić information content (AvgIpc) is 3.46. The normalized spacial score (nSPS) is 13.6. The molecule has 0 spiro atoms. The molecule has 274 valence electrons. The molecule has 52 heavy (non-hydrogen) atoms. The molecule has 0 atom stereocenters. The number of hydrogen-bond acceptors (Lipinski definition) is 7. The number of fused-ring (bicyclic) bond motifs is 1. The summed E-state index contributed by atoms with van der Waals surface area (Å²) >= 11 is 0. The Morgan fingerprint density at radius 3 is 2.13 bits per heavy atom. The number of benzene rings is 3. The molecule has 1 saturated heterocycles. The fourth-order valence-electron chi connectivity index (χ4n) is 5.71. The van der Waals surface area contributed by atoms with Crippen LogP contribution in [0.15, 0.2) is 85.2 Å². The fourth-order valence-corrected chi connectivity index (χ4v) is 5.71. The molecule has 6 rings (SSSR count). The maximum Gasteiger partial charge on any atom is 0.416 e. The minimum Gasteiger partial charge on any atom is -0.488 e. The van der Waals surface area contributed by atoms with Crippen LogP contribution < -0.4 is 14.4 Å². The van der Waals surface area contributed by atoms with Crippen molar-refractivity contribution in [1.82, 2.24) is 24.3 Å². The van der Waals surface area contributed by atoms with Crippen LogP contribution in [0.2, 0.25) is 0 Å². The molecule has 1 aliphatic heterocycles. The molecule has 16 heteroatoms. The molecule has 1 fully saturated rings. The summed E-state index contributed by atoms with van der Waals surface area (Å²) in [6.07, 6.45) is -4.29. The molecule has 0 aliphatic carbocycles. The van der Waals surface area contributed by atoms with Crippen molar-refractivity contribution in [3.63, 3.8) is 0 Å². The van der Waals surface area contributed by atoms with Crippen molar-refractivity contribution < 1.29 is 41.0 Å². The number of aryl methyl sites for hydroxylation is 1. The molecule has 0 radical (unpaired) electrons. The Kier molecular flexibility index (Phi) is 11.6. The second kappa shape index (κ2) is 15.9. The Labute approximate surface area is 301 Å². The van der Waals surface area contributed by atoms with Crippen LogP contribution in [0.3, 0.4) is 0 Å². The highest BCUT2D eigenvalue weighted by Gasteiger charge is 2.30. The first-order valence-corrected chi connectivity index (χ1v) is 15.9. The molecule has 0 N–H and O–H groups in total. The Morgan fingerprint density at radius 1 is 0.885 bits per heavy atom. The molecule has 3 heterocycles. The zero-order valence-corrected chi connectivity index (χ0v) is 28.8. The first-order valence-electron chi connectivity index (χ1n) is 15.9. The van der Waals surface area contributed by atoms with Gasteiger partial charge in [0, 0.05) is 63.8 Å². The summed E-state index contributed by atoms with van der Waals surface area (Å²) in [5.74, 6) is 0.191. The number of carbonyl (C=O) groups is 2. The number of amides is 2. The summed E-state index contributed by atoms with van der Waals surface area (Å²) in [5.41, 5.74) is 1.84. The molecule has 2 amide bonds. The highest BCUT2D eigenvalue weighted by molar-refractivity contribution is 6.05. The van der Waals surface area contributed by atoms with Gasteiger partial charge in [0.1, 0.15) is 23.8 Å². The first-order chi connectivity index (χ1) is 24.4. The minimum absolute atomic E-state index is 0. The van der Waals surface area contributed by atoms with E-state index < -0.39 is 30.7 Å². The van der Waals surface area contributed by atoms with E-state index in [-0.39, 0.29) is 29.9 Å². The van der Waals surface area contributed by atoms with Crippen LogP contribution in [-0.2, 0) is 19.8 Å². The van der Waals surface area contributed by atoms with Crippen molar-refractivity contribution in [2.24, 2.45) is 7.05 Å². The van der Waals surface area contributed by atoms with Gasteiger partial charge in [-0.15, -0.1) is 12.4 Å². The zero-order chi connectivity index (χ0) is 36.3. The predicted molar refractivity (Wildman–Crippen MR) is 186 cm³/mol. The first kappa shape index (κ1) is 38.0. The SMILES string of the molecule is CN(C(=O)c1ccc(C(F)(F)F)cc1)c1cnc(Oc2ccc3cc(C(=O)N4CCN(Cc5ccc(OCC(F)F)cc5)CC4)n(C)c3c2)nc1.Cl. The average molecular weight is 745 g/mol. The Hall–Kier alpha value is -5.28.